The Bertz CT molecular complexity index is 808. The zero-order valence-corrected chi connectivity index (χ0v) is 10.7. The lowest BCUT2D eigenvalue weighted by Gasteiger charge is -2.05. The first-order valence-electron chi connectivity index (χ1n) is 6.02. The first kappa shape index (κ1) is 12.8. The molecule has 9 heteroatoms. The summed E-state index contributed by atoms with van der Waals surface area (Å²) in [5.41, 5.74) is 0.638. The number of nitrogens with zero attached hydrogens (tertiary/aromatic N) is 4. The number of aromatic amines is 1. The molecule has 0 radical (unpaired) electrons. The van der Waals surface area contributed by atoms with E-state index in [2.05, 4.69) is 20.5 Å². The van der Waals surface area contributed by atoms with E-state index in [9.17, 15) is 14.9 Å². The van der Waals surface area contributed by atoms with Crippen LogP contribution in [0.1, 0.15) is 0 Å². The Kier molecular flexibility index (Phi) is 3.07. The van der Waals surface area contributed by atoms with Crippen LogP contribution in [0.5, 0.6) is 0 Å². The van der Waals surface area contributed by atoms with Gasteiger partial charge in [0.05, 0.1) is 15.8 Å². The summed E-state index contributed by atoms with van der Waals surface area (Å²) in [4.78, 5) is 26.2. The summed E-state index contributed by atoms with van der Waals surface area (Å²) in [7, 11) is 0. The van der Waals surface area contributed by atoms with E-state index in [0.717, 1.165) is 0 Å². The van der Waals surface area contributed by atoms with Gasteiger partial charge in [0, 0.05) is 12.3 Å². The number of benzene rings is 1. The fraction of sp³-hybridized carbons (Fsp3) is 0.0833. The molecule has 0 unspecified atom stereocenters. The quantitative estimate of drug-likeness (QED) is 0.553. The molecule has 106 valence electrons. The number of H-pyrrole nitrogens is 1. The van der Waals surface area contributed by atoms with Crippen molar-refractivity contribution in [3.8, 4) is 0 Å². The number of nitro benzene ring substituents is 1. The summed E-state index contributed by atoms with van der Waals surface area (Å²) >= 11 is 0. The molecule has 0 aliphatic rings. The highest BCUT2D eigenvalue weighted by molar-refractivity contribution is 5.92. The Hall–Kier alpha value is -3.23. The molecular formula is C12H10N6O3. The highest BCUT2D eigenvalue weighted by Gasteiger charge is 2.15. The molecule has 0 aliphatic carbocycles. The second-order valence-electron chi connectivity index (χ2n) is 4.29. The number of hydrogen-bond donors (Lipinski definition) is 2. The minimum Gasteiger partial charge on any atom is -0.338 e. The summed E-state index contributed by atoms with van der Waals surface area (Å²) in [5.74, 6) is -0.0572. The Morgan fingerprint density at radius 3 is 3.00 bits per heavy atom. The third kappa shape index (κ3) is 2.43. The van der Waals surface area contributed by atoms with E-state index in [1.165, 1.54) is 12.4 Å². The molecule has 2 heterocycles. The molecule has 0 spiro atoms. The van der Waals surface area contributed by atoms with Crippen molar-refractivity contribution in [1.29, 1.82) is 0 Å². The van der Waals surface area contributed by atoms with Gasteiger partial charge in [0.25, 0.3) is 5.69 Å². The first-order valence-corrected chi connectivity index (χ1v) is 6.02. The highest BCUT2D eigenvalue weighted by Crippen LogP contribution is 2.26. The van der Waals surface area contributed by atoms with Crippen molar-refractivity contribution in [3.05, 3.63) is 46.9 Å². The predicted octanol–water partition coefficient (Wildman–Crippen LogP) is 1.31. The smallest absolute Gasteiger partial charge is 0.278 e. The number of carbonyl (C=O) groups excluding carboxylic acids is 1. The lowest BCUT2D eigenvalue weighted by atomic mass is 10.2. The molecule has 0 saturated heterocycles. The molecular weight excluding hydrogens is 276 g/mol. The largest absolute Gasteiger partial charge is 0.338 e. The van der Waals surface area contributed by atoms with Crippen LogP contribution in [-0.4, -0.2) is 30.6 Å². The van der Waals surface area contributed by atoms with Gasteiger partial charge in [-0.25, -0.2) is 5.10 Å². The molecule has 0 atom stereocenters. The van der Waals surface area contributed by atoms with Crippen LogP contribution in [-0.2, 0) is 11.3 Å². The summed E-state index contributed by atoms with van der Waals surface area (Å²) < 4.78 is 1.63. The molecule has 0 fully saturated rings. The molecule has 1 amide bonds. The summed E-state index contributed by atoms with van der Waals surface area (Å²) in [5, 5.41) is 20.1. The maximum Gasteiger partial charge on any atom is 0.278 e. The highest BCUT2D eigenvalue weighted by atomic mass is 16.6. The molecule has 1 aromatic carbocycles. The number of hydrogen-bond acceptors (Lipinski definition) is 5. The Balaban J connectivity index is 1.86. The van der Waals surface area contributed by atoms with Gasteiger partial charge in [-0.15, -0.1) is 0 Å². The number of non-ortho nitro benzene ring substituents is 1. The van der Waals surface area contributed by atoms with Gasteiger partial charge in [-0.3, -0.25) is 20.2 Å². The van der Waals surface area contributed by atoms with Crippen molar-refractivity contribution < 1.29 is 9.72 Å². The van der Waals surface area contributed by atoms with E-state index >= 15 is 0 Å². The van der Waals surface area contributed by atoms with Crippen LogP contribution in [0.3, 0.4) is 0 Å². The van der Waals surface area contributed by atoms with Gasteiger partial charge in [-0.05, 0) is 12.1 Å². The zero-order valence-electron chi connectivity index (χ0n) is 10.7. The minimum atomic E-state index is -0.443. The topological polar surface area (TPSA) is 119 Å². The molecule has 0 bridgehead atoms. The number of rotatable bonds is 4. The molecule has 9 nitrogen and oxygen atoms in total. The van der Waals surface area contributed by atoms with Gasteiger partial charge in [0.2, 0.25) is 11.9 Å². The van der Waals surface area contributed by atoms with Gasteiger partial charge in [0.1, 0.15) is 12.9 Å². The Morgan fingerprint density at radius 2 is 2.29 bits per heavy atom. The second kappa shape index (κ2) is 5.04. The number of amides is 1. The van der Waals surface area contributed by atoms with Gasteiger partial charge in [-0.1, -0.05) is 6.07 Å². The molecule has 0 aliphatic heterocycles. The Labute approximate surface area is 117 Å². The van der Waals surface area contributed by atoms with Crippen molar-refractivity contribution in [2.75, 3.05) is 5.32 Å². The van der Waals surface area contributed by atoms with Crippen molar-refractivity contribution in [1.82, 2.24) is 19.7 Å². The maximum absolute atomic E-state index is 11.9. The monoisotopic (exact) mass is 286 g/mol. The lowest BCUT2D eigenvalue weighted by molar-refractivity contribution is -0.383. The van der Waals surface area contributed by atoms with Gasteiger partial charge in [-0.2, -0.15) is 10.1 Å². The van der Waals surface area contributed by atoms with Crippen LogP contribution in [0.15, 0.2) is 36.8 Å². The first-order chi connectivity index (χ1) is 10.1. The van der Waals surface area contributed by atoms with E-state index in [1.807, 2.05) is 0 Å². The van der Waals surface area contributed by atoms with Crippen LogP contribution in [0.2, 0.25) is 0 Å². The van der Waals surface area contributed by atoms with Crippen molar-refractivity contribution in [3.63, 3.8) is 0 Å². The minimum absolute atomic E-state index is 0.0156. The third-order valence-electron chi connectivity index (χ3n) is 2.97. The number of nitro groups is 1. The summed E-state index contributed by atoms with van der Waals surface area (Å²) in [6.45, 7) is 0.0192. The molecule has 2 aromatic heterocycles. The van der Waals surface area contributed by atoms with Gasteiger partial charge >= 0.3 is 0 Å². The van der Waals surface area contributed by atoms with E-state index in [1.54, 1.807) is 29.0 Å². The summed E-state index contributed by atoms with van der Waals surface area (Å²) in [6.07, 6.45) is 2.92. The standard InChI is InChI=1S/C12H10N6O3/c19-11(15-12-13-7-14-16-12)6-17-5-4-8-9(17)2-1-3-10(8)18(20)21/h1-5,7H,6H2,(H2,13,14,15,16,19). The van der Waals surface area contributed by atoms with E-state index < -0.39 is 4.92 Å². The van der Waals surface area contributed by atoms with Crippen molar-refractivity contribution in [2.45, 2.75) is 6.54 Å². The van der Waals surface area contributed by atoms with E-state index in [4.69, 9.17) is 0 Å². The van der Waals surface area contributed by atoms with Crippen molar-refractivity contribution >= 4 is 28.4 Å². The number of aromatic nitrogens is 4. The fourth-order valence-corrected chi connectivity index (χ4v) is 2.10. The number of anilines is 1. The molecule has 2 N–H and O–H groups in total. The third-order valence-corrected chi connectivity index (χ3v) is 2.97. The number of carbonyl (C=O) groups is 1. The maximum atomic E-state index is 11.9. The molecule has 3 rings (SSSR count). The van der Waals surface area contributed by atoms with E-state index in [-0.39, 0.29) is 24.1 Å². The van der Waals surface area contributed by atoms with E-state index in [0.29, 0.717) is 10.9 Å². The van der Waals surface area contributed by atoms with Crippen LogP contribution >= 0.6 is 0 Å². The Morgan fingerprint density at radius 1 is 1.43 bits per heavy atom. The molecule has 0 saturated carbocycles. The van der Waals surface area contributed by atoms with Crippen LogP contribution in [0.25, 0.3) is 10.9 Å². The average molecular weight is 286 g/mol. The molecule has 21 heavy (non-hydrogen) atoms. The van der Waals surface area contributed by atoms with Crippen LogP contribution in [0.4, 0.5) is 11.6 Å². The van der Waals surface area contributed by atoms with Crippen LogP contribution < -0.4 is 5.32 Å². The number of fused-ring (bicyclic) bond motifs is 1. The molecule has 3 aromatic rings. The van der Waals surface area contributed by atoms with Gasteiger partial charge in [0.15, 0.2) is 0 Å². The normalized spacial score (nSPS) is 10.7. The van der Waals surface area contributed by atoms with Crippen molar-refractivity contribution in [2.24, 2.45) is 0 Å². The van der Waals surface area contributed by atoms with Gasteiger partial charge < -0.3 is 4.57 Å². The zero-order chi connectivity index (χ0) is 14.8. The fourth-order valence-electron chi connectivity index (χ4n) is 2.10. The van der Waals surface area contributed by atoms with Crippen LogP contribution in [0, 0.1) is 10.1 Å². The average Bonchev–Trinajstić information content (AvgIpc) is 3.08. The summed E-state index contributed by atoms with van der Waals surface area (Å²) in [6, 6.07) is 6.37. The lowest BCUT2D eigenvalue weighted by Crippen LogP contribution is -2.18. The second-order valence-corrected chi connectivity index (χ2v) is 4.29. The SMILES string of the molecule is O=C(Cn1ccc2c([N+](=O)[O-])cccc21)Nc1ncn[nH]1. The number of nitrogens with one attached hydrogen (secondary N) is 2. The predicted molar refractivity (Wildman–Crippen MR) is 73.6 cm³/mol.